The first-order chi connectivity index (χ1) is 7.06. The van der Waals surface area contributed by atoms with Crippen LogP contribution in [0.2, 0.25) is 0 Å². The lowest BCUT2D eigenvalue weighted by Gasteiger charge is -2.17. The summed E-state index contributed by atoms with van der Waals surface area (Å²) in [5.41, 5.74) is 0.00625. The van der Waals surface area contributed by atoms with E-state index in [9.17, 15) is 0 Å². The molecule has 1 heterocycles. The molecule has 0 unspecified atom stereocenters. The van der Waals surface area contributed by atoms with Crippen LogP contribution in [0, 0.1) is 17.8 Å². The summed E-state index contributed by atoms with van der Waals surface area (Å²) in [5.74, 6) is 2.60. The second kappa shape index (κ2) is 4.97. The van der Waals surface area contributed by atoms with Gasteiger partial charge in [-0.15, -0.1) is 17.4 Å². The molecule has 1 aromatic heterocycles. The third-order valence-corrected chi connectivity index (χ3v) is 1.50. The molecule has 1 aromatic rings. The minimum absolute atomic E-state index is 0.0632. The molecular weight excluding hydrogens is 186 g/mol. The number of nitrogens with zero attached hydrogens (tertiary/aromatic N) is 3. The zero-order chi connectivity index (χ0) is 13.0. The quantitative estimate of drug-likeness (QED) is 0.615. The van der Waals surface area contributed by atoms with Gasteiger partial charge in [-0.25, -0.2) is 4.68 Å². The summed E-state index contributed by atoms with van der Waals surface area (Å²) in [7, 11) is 0. The van der Waals surface area contributed by atoms with Gasteiger partial charge >= 0.3 is 0 Å². The maximum Gasteiger partial charge on any atom is 0.0877 e. The molecule has 0 aromatic carbocycles. The van der Waals surface area contributed by atoms with Crippen LogP contribution in [-0.4, -0.2) is 15.0 Å². The second-order valence-corrected chi connectivity index (χ2v) is 5.36. The van der Waals surface area contributed by atoms with Crippen LogP contribution in [0.25, 0.3) is 0 Å². The molecule has 0 amide bonds. The molecule has 3 nitrogen and oxygen atoms in total. The molecule has 0 spiro atoms. The van der Waals surface area contributed by atoms with E-state index in [0.717, 1.165) is 0 Å². The summed E-state index contributed by atoms with van der Waals surface area (Å²) >= 11 is 0. The summed E-state index contributed by atoms with van der Waals surface area (Å²) in [4.78, 5) is 0. The first-order valence-corrected chi connectivity index (χ1v) is 4.93. The molecule has 0 atom stereocenters. The maximum atomic E-state index is 7.10. The van der Waals surface area contributed by atoms with Crippen molar-refractivity contribution >= 4 is 0 Å². The molecule has 84 valence electrons. The van der Waals surface area contributed by atoms with Gasteiger partial charge in [0.15, 0.2) is 0 Å². The van der Waals surface area contributed by atoms with Gasteiger partial charge in [-0.3, -0.25) is 0 Å². The van der Waals surface area contributed by atoms with Crippen LogP contribution < -0.4 is 0 Å². The zero-order valence-corrected chi connectivity index (χ0v) is 10.5. The maximum absolute atomic E-state index is 7.10. The van der Waals surface area contributed by atoms with E-state index in [-0.39, 0.29) is 17.1 Å². The summed E-state index contributed by atoms with van der Waals surface area (Å²) in [5, 5.41) is 7.33. The van der Waals surface area contributed by atoms with E-state index in [0.29, 0.717) is 0 Å². The van der Waals surface area contributed by atoms with E-state index >= 15 is 0 Å². The molecule has 0 aliphatic heterocycles. The van der Waals surface area contributed by atoms with Gasteiger partial charge < -0.3 is 0 Å². The first-order valence-electron chi connectivity index (χ1n) is 5.43. The molecule has 0 aliphatic rings. The second-order valence-electron chi connectivity index (χ2n) is 5.36. The Bertz CT molecular complexity index is 361. The molecule has 0 N–H and O–H groups in total. The monoisotopic (exact) mass is 209 g/mol. The Labute approximate surface area is 94.3 Å². The van der Waals surface area contributed by atoms with E-state index in [1.807, 2.05) is 41.5 Å². The largest absolute Gasteiger partial charge is 0.247 e. The molecule has 3 heteroatoms. The lowest BCUT2D eigenvalue weighted by atomic mass is 9.99. The molecule has 0 saturated carbocycles. The van der Waals surface area contributed by atoms with Crippen molar-refractivity contribution in [3.05, 3.63) is 12.4 Å². The summed E-state index contributed by atoms with van der Waals surface area (Å²) < 4.78 is 8.78. The van der Waals surface area contributed by atoms with Crippen LogP contribution in [-0.2, 0) is 5.54 Å². The Morgan fingerprint density at radius 3 is 1.87 bits per heavy atom. The van der Waals surface area contributed by atoms with Gasteiger partial charge in [0.1, 0.15) is 0 Å². The Hall–Kier alpha value is -1.30. The van der Waals surface area contributed by atoms with Crippen LogP contribution >= 0.6 is 0 Å². The van der Waals surface area contributed by atoms with Crippen LogP contribution in [0.4, 0.5) is 0 Å². The fraction of sp³-hybridized carbons (Fsp3) is 0.667. The highest BCUT2D eigenvalue weighted by Crippen LogP contribution is 2.09. The van der Waals surface area contributed by atoms with Gasteiger partial charge in [0.25, 0.3) is 0 Å². The third-order valence-electron chi connectivity index (χ3n) is 1.50. The van der Waals surface area contributed by atoms with Gasteiger partial charge in [-0.05, 0) is 41.5 Å². The highest BCUT2D eigenvalue weighted by atomic mass is 15.4. The molecule has 0 saturated heterocycles. The van der Waals surface area contributed by atoms with Crippen LogP contribution in [0.15, 0.2) is 12.4 Å². The minimum atomic E-state index is -0.0632. The summed E-state index contributed by atoms with van der Waals surface area (Å²) in [6, 6.07) is 0. The fourth-order valence-corrected chi connectivity index (χ4v) is 0.508. The average molecular weight is 209 g/mol. The minimum Gasteiger partial charge on any atom is -0.247 e. The van der Waals surface area contributed by atoms with Gasteiger partial charge in [-0.1, -0.05) is 5.21 Å². The molecule has 0 bridgehead atoms. The van der Waals surface area contributed by atoms with E-state index in [4.69, 9.17) is 7.79 Å². The Balaban J connectivity index is 0.000000325. The highest BCUT2D eigenvalue weighted by molar-refractivity contribution is 4.96. The number of terminal acetylenes is 1. The molecule has 1 rings (SSSR count). The molecule has 0 radical (unpaired) electrons. The smallest absolute Gasteiger partial charge is 0.0877 e. The number of hydrogen-bond donors (Lipinski definition) is 0. The molecular formula is C12H21N3. The molecule has 0 aliphatic carbocycles. The van der Waals surface area contributed by atoms with Crippen molar-refractivity contribution in [2.75, 3.05) is 0 Å². The van der Waals surface area contributed by atoms with E-state index in [1.165, 1.54) is 0 Å². The number of hydrogen-bond acceptors (Lipinski definition) is 2. The zero-order valence-electron chi connectivity index (χ0n) is 11.5. The van der Waals surface area contributed by atoms with Crippen LogP contribution in [0.1, 0.15) is 42.9 Å². The van der Waals surface area contributed by atoms with Gasteiger partial charge in [-0.2, -0.15) is 0 Å². The van der Waals surface area contributed by atoms with Crippen LogP contribution in [0.5, 0.6) is 0 Å². The summed E-state index contributed by atoms with van der Waals surface area (Å²) in [6.45, 7) is 12.1. The average Bonchev–Trinajstić information content (AvgIpc) is 2.51. The predicted molar refractivity (Wildman–Crippen MR) is 63.3 cm³/mol. The summed E-state index contributed by atoms with van der Waals surface area (Å²) in [6.07, 6.45) is 6.88. The Morgan fingerprint density at radius 2 is 1.73 bits per heavy atom. The van der Waals surface area contributed by atoms with E-state index < -0.39 is 0 Å². The Kier molecular flexibility index (Phi) is 3.90. The van der Waals surface area contributed by atoms with Crippen molar-refractivity contribution in [1.29, 1.82) is 0 Å². The van der Waals surface area contributed by atoms with Crippen molar-refractivity contribution in [2.24, 2.45) is 5.41 Å². The van der Waals surface area contributed by atoms with E-state index in [2.05, 4.69) is 16.2 Å². The van der Waals surface area contributed by atoms with Crippen LogP contribution in [0.3, 0.4) is 0 Å². The normalized spacial score (nSPS) is 12.2. The SMILES string of the molecule is C#CC(C)(C)C.[3H]c1cn(C(C)(C)C)nn1. The fourth-order valence-electron chi connectivity index (χ4n) is 0.508. The van der Waals surface area contributed by atoms with Gasteiger partial charge in [0.2, 0.25) is 0 Å². The van der Waals surface area contributed by atoms with Crippen molar-refractivity contribution < 1.29 is 1.37 Å². The van der Waals surface area contributed by atoms with Gasteiger partial charge in [0, 0.05) is 11.6 Å². The first kappa shape index (κ1) is 11.8. The third kappa shape index (κ3) is 6.73. The molecule has 15 heavy (non-hydrogen) atoms. The van der Waals surface area contributed by atoms with E-state index in [1.54, 1.807) is 10.9 Å². The topological polar surface area (TPSA) is 30.7 Å². The van der Waals surface area contributed by atoms with Crippen molar-refractivity contribution in [3.63, 3.8) is 0 Å². The number of aromatic nitrogens is 3. The lowest BCUT2D eigenvalue weighted by molar-refractivity contribution is 0.347. The van der Waals surface area contributed by atoms with Crippen molar-refractivity contribution in [2.45, 2.75) is 47.1 Å². The Morgan fingerprint density at radius 1 is 1.27 bits per heavy atom. The predicted octanol–water partition coefficient (Wildman–Crippen LogP) is 2.70. The van der Waals surface area contributed by atoms with Gasteiger partial charge in [0.05, 0.1) is 13.1 Å². The molecule has 0 fully saturated rings. The van der Waals surface area contributed by atoms with Crippen molar-refractivity contribution in [1.82, 2.24) is 15.0 Å². The standard InChI is InChI=1S/C6H11N3.C6H10/c1-6(2,3)9-5-4-7-8-9;1-5-6(2,3)4/h4-5H,1-3H3;1H,2-4H3/i4T;. The lowest BCUT2D eigenvalue weighted by Crippen LogP contribution is -2.22. The number of rotatable bonds is 0. The van der Waals surface area contributed by atoms with Crippen molar-refractivity contribution in [3.8, 4) is 12.3 Å². The highest BCUT2D eigenvalue weighted by Gasteiger charge is 2.11.